The number of H-pyrrole nitrogens is 1. The van der Waals surface area contributed by atoms with Gasteiger partial charge in [0.15, 0.2) is 0 Å². The molecule has 4 rings (SSSR count). The summed E-state index contributed by atoms with van der Waals surface area (Å²) in [6.07, 6.45) is 4.42. The van der Waals surface area contributed by atoms with E-state index in [9.17, 15) is 0 Å². The normalized spacial score (nSPS) is 27.7. The van der Waals surface area contributed by atoms with E-state index in [1.165, 1.54) is 48.0 Å². The molecule has 2 atom stereocenters. The second-order valence-electron chi connectivity index (χ2n) is 7.06. The summed E-state index contributed by atoms with van der Waals surface area (Å²) < 4.78 is 5.64. The molecule has 0 spiro atoms. The van der Waals surface area contributed by atoms with Crippen molar-refractivity contribution in [2.24, 2.45) is 5.92 Å². The summed E-state index contributed by atoms with van der Waals surface area (Å²) in [5, 5.41) is 8.48. The second kappa shape index (κ2) is 5.67. The lowest BCUT2D eigenvalue weighted by Crippen LogP contribution is -2.44. The molecule has 2 aliphatic heterocycles. The SMILES string of the molecule is Cc1cc2cn[nH]c2cc1C1CCN(C2COCC2C)CC1. The molecule has 1 aromatic heterocycles. The zero-order valence-corrected chi connectivity index (χ0v) is 13.5. The molecule has 2 aliphatic rings. The van der Waals surface area contributed by atoms with E-state index in [1.54, 1.807) is 0 Å². The lowest BCUT2D eigenvalue weighted by molar-refractivity contribution is 0.116. The predicted molar refractivity (Wildman–Crippen MR) is 88.1 cm³/mol. The highest BCUT2D eigenvalue weighted by atomic mass is 16.5. The first-order valence-corrected chi connectivity index (χ1v) is 8.48. The number of piperidine rings is 1. The van der Waals surface area contributed by atoms with Gasteiger partial charge >= 0.3 is 0 Å². The Hall–Kier alpha value is -1.39. The maximum atomic E-state index is 5.64. The first kappa shape index (κ1) is 14.2. The number of aromatic nitrogens is 2. The van der Waals surface area contributed by atoms with Crippen molar-refractivity contribution in [1.82, 2.24) is 15.1 Å². The minimum Gasteiger partial charge on any atom is -0.379 e. The summed E-state index contributed by atoms with van der Waals surface area (Å²) in [5.74, 6) is 1.36. The summed E-state index contributed by atoms with van der Waals surface area (Å²) in [7, 11) is 0. The van der Waals surface area contributed by atoms with Crippen molar-refractivity contribution in [1.29, 1.82) is 0 Å². The number of nitrogens with zero attached hydrogens (tertiary/aromatic N) is 2. The maximum absolute atomic E-state index is 5.64. The van der Waals surface area contributed by atoms with Crippen molar-refractivity contribution in [3.63, 3.8) is 0 Å². The highest BCUT2D eigenvalue weighted by molar-refractivity contribution is 5.79. The van der Waals surface area contributed by atoms with Crippen LogP contribution in [0.5, 0.6) is 0 Å². The Labute approximate surface area is 131 Å². The van der Waals surface area contributed by atoms with E-state index in [-0.39, 0.29) is 0 Å². The van der Waals surface area contributed by atoms with Gasteiger partial charge in [0.25, 0.3) is 0 Å². The standard InChI is InChI=1S/C18H25N3O/c1-12-7-15-9-19-20-17(15)8-16(12)14-3-5-21(6-4-14)18-11-22-10-13(18)2/h7-9,13-14,18H,3-6,10-11H2,1-2H3,(H,19,20). The van der Waals surface area contributed by atoms with Crippen molar-refractivity contribution in [3.8, 4) is 0 Å². The lowest BCUT2D eigenvalue weighted by atomic mass is 9.85. The molecule has 3 heterocycles. The molecule has 0 saturated carbocycles. The smallest absolute Gasteiger partial charge is 0.0653 e. The average Bonchev–Trinajstić information content (AvgIpc) is 3.15. The van der Waals surface area contributed by atoms with Crippen LogP contribution in [0.4, 0.5) is 0 Å². The lowest BCUT2D eigenvalue weighted by Gasteiger charge is -2.37. The first-order chi connectivity index (χ1) is 10.7. The molecule has 4 nitrogen and oxygen atoms in total. The third-order valence-electron chi connectivity index (χ3n) is 5.59. The summed E-state index contributed by atoms with van der Waals surface area (Å²) >= 11 is 0. The van der Waals surface area contributed by atoms with Crippen LogP contribution >= 0.6 is 0 Å². The molecule has 2 aromatic rings. The molecule has 2 fully saturated rings. The minimum absolute atomic E-state index is 0.636. The van der Waals surface area contributed by atoms with Gasteiger partial charge in [-0.05, 0) is 68.0 Å². The van der Waals surface area contributed by atoms with E-state index in [2.05, 4.69) is 41.1 Å². The Bertz CT molecular complexity index is 657. The number of rotatable bonds is 2. The van der Waals surface area contributed by atoms with Gasteiger partial charge in [-0.1, -0.05) is 6.92 Å². The van der Waals surface area contributed by atoms with Gasteiger partial charge in [-0.25, -0.2) is 0 Å². The molecular formula is C18H25N3O. The zero-order valence-electron chi connectivity index (χ0n) is 13.5. The fourth-order valence-electron chi connectivity index (χ4n) is 4.22. The molecule has 0 amide bonds. The quantitative estimate of drug-likeness (QED) is 0.926. The van der Waals surface area contributed by atoms with Crippen LogP contribution in [-0.4, -0.2) is 47.4 Å². The molecule has 1 aromatic carbocycles. The molecule has 4 heteroatoms. The van der Waals surface area contributed by atoms with Gasteiger partial charge in [0.2, 0.25) is 0 Å². The Morgan fingerprint density at radius 3 is 2.77 bits per heavy atom. The summed E-state index contributed by atoms with van der Waals surface area (Å²) in [4.78, 5) is 2.65. The maximum Gasteiger partial charge on any atom is 0.0653 e. The van der Waals surface area contributed by atoms with E-state index in [4.69, 9.17) is 4.74 Å². The highest BCUT2D eigenvalue weighted by Crippen LogP contribution is 2.34. The first-order valence-electron chi connectivity index (χ1n) is 8.48. The van der Waals surface area contributed by atoms with Gasteiger partial charge in [-0.15, -0.1) is 0 Å². The van der Waals surface area contributed by atoms with E-state index in [0.29, 0.717) is 17.9 Å². The number of aromatic amines is 1. The zero-order chi connectivity index (χ0) is 15.1. The van der Waals surface area contributed by atoms with Crippen molar-refractivity contribution in [2.75, 3.05) is 26.3 Å². The van der Waals surface area contributed by atoms with E-state index in [1.807, 2.05) is 6.20 Å². The Kier molecular flexibility index (Phi) is 3.66. The molecule has 0 aliphatic carbocycles. The minimum atomic E-state index is 0.636. The van der Waals surface area contributed by atoms with E-state index < -0.39 is 0 Å². The van der Waals surface area contributed by atoms with Gasteiger partial charge in [0.1, 0.15) is 0 Å². The fraction of sp³-hybridized carbons (Fsp3) is 0.611. The number of ether oxygens (including phenoxy) is 1. The Balaban J connectivity index is 1.49. The van der Waals surface area contributed by atoms with Crippen LogP contribution in [0.3, 0.4) is 0 Å². The van der Waals surface area contributed by atoms with Gasteiger partial charge in [-0.3, -0.25) is 10.00 Å². The number of hydrogen-bond acceptors (Lipinski definition) is 3. The highest BCUT2D eigenvalue weighted by Gasteiger charge is 2.33. The van der Waals surface area contributed by atoms with Crippen molar-refractivity contribution in [3.05, 3.63) is 29.5 Å². The molecule has 2 unspecified atom stereocenters. The third-order valence-corrected chi connectivity index (χ3v) is 5.59. The molecule has 1 N–H and O–H groups in total. The van der Waals surface area contributed by atoms with Crippen LogP contribution in [0.25, 0.3) is 10.9 Å². The molecular weight excluding hydrogens is 274 g/mol. The van der Waals surface area contributed by atoms with E-state index >= 15 is 0 Å². The Morgan fingerprint density at radius 2 is 2.05 bits per heavy atom. The molecule has 118 valence electrons. The van der Waals surface area contributed by atoms with Gasteiger partial charge in [-0.2, -0.15) is 5.10 Å². The second-order valence-corrected chi connectivity index (χ2v) is 7.06. The average molecular weight is 299 g/mol. The monoisotopic (exact) mass is 299 g/mol. The van der Waals surface area contributed by atoms with Crippen LogP contribution in [0.2, 0.25) is 0 Å². The topological polar surface area (TPSA) is 41.2 Å². The third kappa shape index (κ3) is 2.44. The van der Waals surface area contributed by atoms with Crippen LogP contribution in [-0.2, 0) is 4.74 Å². The predicted octanol–water partition coefficient (Wildman–Crippen LogP) is 3.09. The van der Waals surface area contributed by atoms with Crippen molar-refractivity contribution < 1.29 is 4.74 Å². The van der Waals surface area contributed by atoms with Gasteiger partial charge < -0.3 is 4.74 Å². The number of fused-ring (bicyclic) bond motifs is 1. The number of hydrogen-bond donors (Lipinski definition) is 1. The van der Waals surface area contributed by atoms with Gasteiger partial charge in [0, 0.05) is 11.4 Å². The summed E-state index contributed by atoms with van der Waals surface area (Å²) in [5.41, 5.74) is 4.08. The number of nitrogens with one attached hydrogen (secondary N) is 1. The Morgan fingerprint density at radius 1 is 1.23 bits per heavy atom. The fourth-order valence-corrected chi connectivity index (χ4v) is 4.22. The summed E-state index contributed by atoms with van der Waals surface area (Å²) in [6.45, 7) is 8.80. The van der Waals surface area contributed by atoms with E-state index in [0.717, 1.165) is 13.2 Å². The van der Waals surface area contributed by atoms with Crippen LogP contribution < -0.4 is 0 Å². The molecule has 0 bridgehead atoms. The molecule has 22 heavy (non-hydrogen) atoms. The number of benzene rings is 1. The van der Waals surface area contributed by atoms with Crippen molar-refractivity contribution >= 4 is 10.9 Å². The molecule has 0 radical (unpaired) electrons. The van der Waals surface area contributed by atoms with Crippen LogP contribution in [0.15, 0.2) is 18.3 Å². The molecule has 2 saturated heterocycles. The van der Waals surface area contributed by atoms with Crippen molar-refractivity contribution in [2.45, 2.75) is 38.6 Å². The largest absolute Gasteiger partial charge is 0.379 e. The van der Waals surface area contributed by atoms with Gasteiger partial charge in [0.05, 0.1) is 24.9 Å². The van der Waals surface area contributed by atoms with Crippen LogP contribution in [0, 0.1) is 12.8 Å². The van der Waals surface area contributed by atoms with Crippen LogP contribution in [0.1, 0.15) is 36.8 Å². The number of aryl methyl sites for hydroxylation is 1. The number of likely N-dealkylation sites (tertiary alicyclic amines) is 1. The summed E-state index contributed by atoms with van der Waals surface area (Å²) in [6, 6.07) is 5.23.